The van der Waals surface area contributed by atoms with Crippen LogP contribution in [-0.4, -0.2) is 6.61 Å². The maximum atomic E-state index is 14.4. The molecule has 0 saturated carbocycles. The molecule has 0 heterocycles. The summed E-state index contributed by atoms with van der Waals surface area (Å²) in [6.07, 6.45) is -2.44. The first kappa shape index (κ1) is 17.8. The average molecular weight is 362 g/mol. The molecule has 0 radical (unpaired) electrons. The van der Waals surface area contributed by atoms with Gasteiger partial charge >= 0.3 is 6.11 Å². The van der Waals surface area contributed by atoms with Crippen LogP contribution in [0.5, 0.6) is 11.5 Å². The molecule has 0 unspecified atom stereocenters. The highest BCUT2D eigenvalue weighted by Gasteiger charge is 2.37. The summed E-state index contributed by atoms with van der Waals surface area (Å²) in [7, 11) is 0. The van der Waals surface area contributed by atoms with Crippen molar-refractivity contribution in [1.29, 1.82) is 0 Å². The van der Waals surface area contributed by atoms with E-state index in [4.69, 9.17) is 9.47 Å². The molecule has 0 spiro atoms. The minimum absolute atomic E-state index is 0.106. The van der Waals surface area contributed by atoms with Crippen molar-refractivity contribution in [2.45, 2.75) is 6.11 Å². The van der Waals surface area contributed by atoms with E-state index in [1.807, 2.05) is 0 Å². The molecule has 0 amide bonds. The van der Waals surface area contributed by atoms with E-state index < -0.39 is 23.3 Å². The molecule has 0 N–H and O–H groups in total. The zero-order valence-electron chi connectivity index (χ0n) is 13.5. The van der Waals surface area contributed by atoms with Gasteiger partial charge in [0.2, 0.25) is 0 Å². The van der Waals surface area contributed by atoms with Crippen molar-refractivity contribution in [3.05, 3.63) is 84.5 Å². The minimum atomic E-state index is -3.89. The summed E-state index contributed by atoms with van der Waals surface area (Å²) in [5.74, 6) is -1.65. The lowest BCUT2D eigenvalue weighted by Crippen LogP contribution is -2.23. The Labute approximate surface area is 147 Å². The number of ether oxygens (including phenoxy) is 2. The molecule has 0 aliphatic rings. The van der Waals surface area contributed by atoms with Crippen LogP contribution in [0.3, 0.4) is 0 Å². The molecule has 26 heavy (non-hydrogen) atoms. The van der Waals surface area contributed by atoms with Crippen LogP contribution in [0.15, 0.2) is 67.3 Å². The molecular weight excluding hydrogens is 348 g/mol. The van der Waals surface area contributed by atoms with E-state index >= 15 is 0 Å². The van der Waals surface area contributed by atoms with Crippen LogP contribution in [0.4, 0.5) is 17.6 Å². The van der Waals surface area contributed by atoms with E-state index in [1.165, 1.54) is 48.5 Å². The van der Waals surface area contributed by atoms with Crippen molar-refractivity contribution in [3.8, 4) is 11.5 Å². The van der Waals surface area contributed by atoms with Crippen LogP contribution in [-0.2, 0) is 6.11 Å². The first-order chi connectivity index (χ1) is 12.4. The molecule has 0 atom stereocenters. The molecule has 0 fully saturated rings. The second-order valence-corrected chi connectivity index (χ2v) is 5.51. The third kappa shape index (κ3) is 3.79. The molecule has 134 valence electrons. The maximum absolute atomic E-state index is 14.4. The van der Waals surface area contributed by atoms with E-state index in [2.05, 4.69) is 6.58 Å². The van der Waals surface area contributed by atoms with Gasteiger partial charge in [0.05, 0.1) is 0 Å². The van der Waals surface area contributed by atoms with Crippen LogP contribution in [0.2, 0.25) is 0 Å². The van der Waals surface area contributed by atoms with Crippen LogP contribution in [0.1, 0.15) is 5.56 Å². The summed E-state index contributed by atoms with van der Waals surface area (Å²) < 4.78 is 65.8. The Balaban J connectivity index is 1.86. The molecular formula is C20H14F4O2. The average Bonchev–Trinajstić information content (AvgIpc) is 2.59. The van der Waals surface area contributed by atoms with Crippen molar-refractivity contribution in [2.24, 2.45) is 0 Å². The number of halogens is 4. The molecule has 0 aromatic heterocycles. The summed E-state index contributed by atoms with van der Waals surface area (Å²) in [6.45, 7) is 3.58. The Hall–Kier alpha value is -3.02. The first-order valence-electron chi connectivity index (χ1n) is 7.69. The summed E-state index contributed by atoms with van der Waals surface area (Å²) in [6, 6.07) is 11.0. The fraction of sp³-hybridized carbons (Fsp3) is 0.100. The van der Waals surface area contributed by atoms with Gasteiger partial charge in [0.25, 0.3) is 0 Å². The first-order valence-corrected chi connectivity index (χ1v) is 7.69. The fourth-order valence-electron chi connectivity index (χ4n) is 2.44. The third-order valence-electron chi connectivity index (χ3n) is 3.64. The van der Waals surface area contributed by atoms with Gasteiger partial charge in [-0.1, -0.05) is 24.8 Å². The quantitative estimate of drug-likeness (QED) is 0.407. The van der Waals surface area contributed by atoms with Crippen LogP contribution >= 0.6 is 0 Å². The van der Waals surface area contributed by atoms with Gasteiger partial charge < -0.3 is 9.47 Å². The zero-order valence-corrected chi connectivity index (χ0v) is 13.5. The summed E-state index contributed by atoms with van der Waals surface area (Å²) in [5, 5.41) is 1.06. The monoisotopic (exact) mass is 362 g/mol. The van der Waals surface area contributed by atoms with Gasteiger partial charge in [-0.25, -0.2) is 8.78 Å². The molecule has 6 heteroatoms. The van der Waals surface area contributed by atoms with E-state index in [1.54, 1.807) is 0 Å². The van der Waals surface area contributed by atoms with Gasteiger partial charge in [0, 0.05) is 6.07 Å². The highest BCUT2D eigenvalue weighted by atomic mass is 19.3. The molecule has 0 aliphatic carbocycles. The lowest BCUT2D eigenvalue weighted by atomic mass is 10.1. The molecule has 3 rings (SSSR count). The van der Waals surface area contributed by atoms with Gasteiger partial charge in [-0.3, -0.25) is 0 Å². The Morgan fingerprint density at radius 3 is 2.31 bits per heavy atom. The molecule has 0 bridgehead atoms. The molecule has 0 aliphatic heterocycles. The third-order valence-corrected chi connectivity index (χ3v) is 3.64. The van der Waals surface area contributed by atoms with E-state index in [9.17, 15) is 17.6 Å². The fourth-order valence-corrected chi connectivity index (χ4v) is 2.44. The second-order valence-electron chi connectivity index (χ2n) is 5.51. The number of hydrogen-bond acceptors (Lipinski definition) is 2. The molecule has 3 aromatic carbocycles. The van der Waals surface area contributed by atoms with E-state index in [-0.39, 0.29) is 18.1 Å². The predicted molar refractivity (Wildman–Crippen MR) is 90.5 cm³/mol. The molecule has 0 saturated heterocycles. The van der Waals surface area contributed by atoms with Crippen molar-refractivity contribution in [1.82, 2.24) is 0 Å². The summed E-state index contributed by atoms with van der Waals surface area (Å²) in [5.41, 5.74) is -0.914. The Morgan fingerprint density at radius 2 is 1.58 bits per heavy atom. The van der Waals surface area contributed by atoms with Gasteiger partial charge in [-0.15, -0.1) is 0 Å². The normalized spacial score (nSPS) is 11.4. The van der Waals surface area contributed by atoms with Gasteiger partial charge in [-0.2, -0.15) is 8.78 Å². The molecule has 2 nitrogen and oxygen atoms in total. The van der Waals surface area contributed by atoms with E-state index in [0.29, 0.717) is 10.8 Å². The lowest BCUT2D eigenvalue weighted by Gasteiger charge is -2.19. The predicted octanol–water partition coefficient (Wildman–Crippen LogP) is 5.81. The number of alkyl halides is 2. The number of fused-ring (bicyclic) bond motifs is 1. The smallest absolute Gasteiger partial charge is 0.429 e. The van der Waals surface area contributed by atoms with Crippen molar-refractivity contribution in [2.75, 3.05) is 6.61 Å². The Kier molecular flexibility index (Phi) is 4.84. The highest BCUT2D eigenvalue weighted by molar-refractivity contribution is 5.83. The largest absolute Gasteiger partial charge is 0.489 e. The Bertz CT molecular complexity index is 954. The van der Waals surface area contributed by atoms with Gasteiger partial charge in [0.1, 0.15) is 35.3 Å². The van der Waals surface area contributed by atoms with Gasteiger partial charge in [-0.05, 0) is 47.2 Å². The van der Waals surface area contributed by atoms with Crippen LogP contribution < -0.4 is 9.47 Å². The number of benzene rings is 3. The van der Waals surface area contributed by atoms with Crippen molar-refractivity contribution in [3.63, 3.8) is 0 Å². The minimum Gasteiger partial charge on any atom is -0.489 e. The van der Waals surface area contributed by atoms with Gasteiger partial charge in [0.15, 0.2) is 0 Å². The highest BCUT2D eigenvalue weighted by Crippen LogP contribution is 2.35. The zero-order chi connectivity index (χ0) is 18.7. The van der Waals surface area contributed by atoms with Crippen molar-refractivity contribution >= 4 is 10.8 Å². The van der Waals surface area contributed by atoms with Crippen molar-refractivity contribution < 1.29 is 27.0 Å². The Morgan fingerprint density at radius 1 is 0.885 bits per heavy atom. The maximum Gasteiger partial charge on any atom is 0.429 e. The second kappa shape index (κ2) is 7.07. The topological polar surface area (TPSA) is 18.5 Å². The summed E-state index contributed by atoms with van der Waals surface area (Å²) in [4.78, 5) is 0. The van der Waals surface area contributed by atoms with Crippen LogP contribution in [0.25, 0.3) is 10.8 Å². The van der Waals surface area contributed by atoms with Crippen LogP contribution in [0, 0.1) is 11.6 Å². The van der Waals surface area contributed by atoms with E-state index in [0.717, 1.165) is 12.1 Å². The SMILES string of the molecule is C=CCOc1ccc(C(F)(F)Oc2ccc3cc(F)ccc3c2)c(F)c1. The number of hydrogen-bond donors (Lipinski definition) is 0. The number of rotatable bonds is 6. The molecule has 3 aromatic rings. The summed E-state index contributed by atoms with van der Waals surface area (Å²) >= 11 is 0. The lowest BCUT2D eigenvalue weighted by molar-refractivity contribution is -0.187. The standard InChI is InChI=1S/C20H14F4O2/c1-2-9-25-16-7-8-18(19(22)12-16)20(23,24)26-17-6-4-13-10-15(21)5-3-14(13)11-17/h2-8,10-12H,1,9H2.